The molecule has 0 atom stereocenters. The number of nitrogens with one attached hydrogen (secondary N) is 1. The van der Waals surface area contributed by atoms with Crippen molar-refractivity contribution in [3.8, 4) is 11.5 Å². The fraction of sp³-hybridized carbons (Fsp3) is 0.176. The maximum Gasteiger partial charge on any atom is 0.277 e. The van der Waals surface area contributed by atoms with Gasteiger partial charge >= 0.3 is 0 Å². The van der Waals surface area contributed by atoms with E-state index in [2.05, 4.69) is 26.5 Å². The van der Waals surface area contributed by atoms with Crippen molar-refractivity contribution in [1.82, 2.24) is 5.43 Å². The Morgan fingerprint density at radius 2 is 1.70 bits per heavy atom. The smallest absolute Gasteiger partial charge is 0.277 e. The van der Waals surface area contributed by atoms with Crippen LogP contribution in [0.5, 0.6) is 11.5 Å². The Hall–Kier alpha value is -2.34. The van der Waals surface area contributed by atoms with Gasteiger partial charge < -0.3 is 9.47 Å². The Kier molecular flexibility index (Phi) is 6.62. The molecule has 0 spiro atoms. The van der Waals surface area contributed by atoms with Crippen molar-refractivity contribution < 1.29 is 14.3 Å². The largest absolute Gasteiger partial charge is 0.494 e. The van der Waals surface area contributed by atoms with E-state index in [0.717, 1.165) is 15.8 Å². The molecule has 2 aromatic rings. The first-order chi connectivity index (χ1) is 11.2. The van der Waals surface area contributed by atoms with Crippen molar-refractivity contribution in [2.24, 2.45) is 5.10 Å². The molecule has 1 N–H and O–H groups in total. The Labute approximate surface area is 143 Å². The first kappa shape index (κ1) is 17.0. The van der Waals surface area contributed by atoms with E-state index in [1.54, 1.807) is 30.5 Å². The first-order valence-electron chi connectivity index (χ1n) is 7.10. The Balaban J connectivity index is 1.75. The lowest BCUT2D eigenvalue weighted by atomic mass is 10.2. The van der Waals surface area contributed by atoms with Crippen LogP contribution in [0.3, 0.4) is 0 Å². The van der Waals surface area contributed by atoms with Crippen LogP contribution in [0.4, 0.5) is 0 Å². The molecule has 2 rings (SSSR count). The molecule has 0 radical (unpaired) electrons. The summed E-state index contributed by atoms with van der Waals surface area (Å²) in [6.45, 7) is 2.42. The quantitative estimate of drug-likeness (QED) is 0.595. The Morgan fingerprint density at radius 1 is 1.09 bits per heavy atom. The van der Waals surface area contributed by atoms with Gasteiger partial charge in [-0.25, -0.2) is 5.43 Å². The van der Waals surface area contributed by atoms with Crippen molar-refractivity contribution >= 4 is 28.1 Å². The zero-order chi connectivity index (χ0) is 16.5. The predicted octanol–water partition coefficient (Wildman–Crippen LogP) is 3.38. The van der Waals surface area contributed by atoms with Crippen LogP contribution in [0.15, 0.2) is 58.1 Å². The molecule has 0 aliphatic rings. The number of halogens is 1. The number of nitrogens with zero attached hydrogens (tertiary/aromatic N) is 1. The number of hydrogen-bond acceptors (Lipinski definition) is 4. The van der Waals surface area contributed by atoms with Gasteiger partial charge in [0, 0.05) is 4.47 Å². The minimum Gasteiger partial charge on any atom is -0.494 e. The minimum absolute atomic E-state index is 0.105. The van der Waals surface area contributed by atoms with Gasteiger partial charge in [-0.1, -0.05) is 28.1 Å². The van der Waals surface area contributed by atoms with Crippen LogP contribution in [0.2, 0.25) is 0 Å². The highest BCUT2D eigenvalue weighted by Gasteiger charge is 2.01. The lowest BCUT2D eigenvalue weighted by molar-refractivity contribution is -0.123. The number of rotatable bonds is 7. The molecule has 23 heavy (non-hydrogen) atoms. The molecule has 6 heteroatoms. The fourth-order valence-corrected chi connectivity index (χ4v) is 1.97. The fourth-order valence-electron chi connectivity index (χ4n) is 1.71. The molecule has 0 saturated carbocycles. The number of hydrazone groups is 1. The van der Waals surface area contributed by atoms with Crippen molar-refractivity contribution in [2.45, 2.75) is 6.92 Å². The molecule has 0 bridgehead atoms. The lowest BCUT2D eigenvalue weighted by Gasteiger charge is -2.06. The van der Waals surface area contributed by atoms with E-state index >= 15 is 0 Å². The van der Waals surface area contributed by atoms with Gasteiger partial charge in [0.1, 0.15) is 11.5 Å². The monoisotopic (exact) mass is 376 g/mol. The predicted molar refractivity (Wildman–Crippen MR) is 93.0 cm³/mol. The van der Waals surface area contributed by atoms with E-state index in [-0.39, 0.29) is 12.5 Å². The number of carbonyl (C=O) groups excluding carboxylic acids is 1. The standard InChI is InChI=1S/C17H17BrN2O3/c1-2-22-15-7-9-16(10-8-15)23-12-17(21)20-19-11-13-3-5-14(18)6-4-13/h3-11H,2,12H2,1H3,(H,20,21)/b19-11-. The minimum atomic E-state index is -0.327. The van der Waals surface area contributed by atoms with Crippen molar-refractivity contribution in [3.05, 3.63) is 58.6 Å². The van der Waals surface area contributed by atoms with Crippen LogP contribution in [-0.2, 0) is 4.79 Å². The summed E-state index contributed by atoms with van der Waals surface area (Å²) in [5.74, 6) is 1.04. The zero-order valence-corrected chi connectivity index (χ0v) is 14.2. The van der Waals surface area contributed by atoms with E-state index in [9.17, 15) is 4.79 Å². The first-order valence-corrected chi connectivity index (χ1v) is 7.90. The summed E-state index contributed by atoms with van der Waals surface area (Å²) in [7, 11) is 0. The summed E-state index contributed by atoms with van der Waals surface area (Å²) < 4.78 is 11.7. The zero-order valence-electron chi connectivity index (χ0n) is 12.7. The molecule has 0 aromatic heterocycles. The van der Waals surface area contributed by atoms with Crippen LogP contribution in [0.1, 0.15) is 12.5 Å². The topological polar surface area (TPSA) is 59.9 Å². The average molecular weight is 377 g/mol. The molecule has 2 aromatic carbocycles. The summed E-state index contributed by atoms with van der Waals surface area (Å²) in [6, 6.07) is 14.7. The van der Waals surface area contributed by atoms with Gasteiger partial charge in [-0.15, -0.1) is 0 Å². The van der Waals surface area contributed by atoms with Gasteiger partial charge in [0.25, 0.3) is 5.91 Å². The van der Waals surface area contributed by atoms with Gasteiger partial charge in [-0.3, -0.25) is 4.79 Å². The van der Waals surface area contributed by atoms with Crippen LogP contribution in [-0.4, -0.2) is 25.3 Å². The van der Waals surface area contributed by atoms with E-state index < -0.39 is 0 Å². The Bertz CT molecular complexity index is 655. The molecule has 0 heterocycles. The number of amides is 1. The lowest BCUT2D eigenvalue weighted by Crippen LogP contribution is -2.24. The van der Waals surface area contributed by atoms with Gasteiger partial charge in [-0.2, -0.15) is 5.10 Å². The number of benzene rings is 2. The molecule has 0 aliphatic carbocycles. The highest BCUT2D eigenvalue weighted by atomic mass is 79.9. The highest BCUT2D eigenvalue weighted by molar-refractivity contribution is 9.10. The Morgan fingerprint density at radius 3 is 2.30 bits per heavy atom. The maximum absolute atomic E-state index is 11.6. The molecular weight excluding hydrogens is 360 g/mol. The third-order valence-corrected chi connectivity index (χ3v) is 3.31. The van der Waals surface area contributed by atoms with Crippen LogP contribution in [0, 0.1) is 0 Å². The molecule has 5 nitrogen and oxygen atoms in total. The maximum atomic E-state index is 11.6. The molecular formula is C17H17BrN2O3. The second kappa shape index (κ2) is 8.95. The third kappa shape index (κ3) is 6.12. The van der Waals surface area contributed by atoms with Gasteiger partial charge in [-0.05, 0) is 48.9 Å². The second-order valence-corrected chi connectivity index (χ2v) is 5.45. The van der Waals surface area contributed by atoms with Crippen molar-refractivity contribution in [2.75, 3.05) is 13.2 Å². The summed E-state index contributed by atoms with van der Waals surface area (Å²) in [5, 5.41) is 3.88. The van der Waals surface area contributed by atoms with E-state index in [1.807, 2.05) is 31.2 Å². The molecule has 0 saturated heterocycles. The molecule has 0 aliphatic heterocycles. The number of ether oxygens (including phenoxy) is 2. The molecule has 120 valence electrons. The van der Waals surface area contributed by atoms with Crippen LogP contribution >= 0.6 is 15.9 Å². The summed E-state index contributed by atoms with van der Waals surface area (Å²) in [6.07, 6.45) is 1.57. The van der Waals surface area contributed by atoms with E-state index in [4.69, 9.17) is 9.47 Å². The summed E-state index contributed by atoms with van der Waals surface area (Å²) in [4.78, 5) is 11.6. The van der Waals surface area contributed by atoms with E-state index in [1.165, 1.54) is 0 Å². The molecule has 1 amide bonds. The SMILES string of the molecule is CCOc1ccc(OCC(=O)N/N=C\c2ccc(Br)cc2)cc1. The van der Waals surface area contributed by atoms with Crippen molar-refractivity contribution in [3.63, 3.8) is 0 Å². The van der Waals surface area contributed by atoms with Gasteiger partial charge in [0.15, 0.2) is 6.61 Å². The number of carbonyl (C=O) groups is 1. The van der Waals surface area contributed by atoms with Crippen LogP contribution < -0.4 is 14.9 Å². The van der Waals surface area contributed by atoms with E-state index in [0.29, 0.717) is 12.4 Å². The highest BCUT2D eigenvalue weighted by Crippen LogP contribution is 2.17. The van der Waals surface area contributed by atoms with Gasteiger partial charge in [0.05, 0.1) is 12.8 Å². The molecule has 0 unspecified atom stereocenters. The van der Waals surface area contributed by atoms with Crippen molar-refractivity contribution in [1.29, 1.82) is 0 Å². The number of hydrogen-bond donors (Lipinski definition) is 1. The van der Waals surface area contributed by atoms with Gasteiger partial charge in [0.2, 0.25) is 0 Å². The normalized spacial score (nSPS) is 10.5. The van der Waals surface area contributed by atoms with Crippen LogP contribution in [0.25, 0.3) is 0 Å². The summed E-state index contributed by atoms with van der Waals surface area (Å²) >= 11 is 3.35. The summed E-state index contributed by atoms with van der Waals surface area (Å²) in [5.41, 5.74) is 3.31. The molecule has 0 fully saturated rings. The third-order valence-electron chi connectivity index (χ3n) is 2.78. The average Bonchev–Trinajstić information content (AvgIpc) is 2.56. The second-order valence-electron chi connectivity index (χ2n) is 4.54.